The zero-order valence-corrected chi connectivity index (χ0v) is 14.6. The molecule has 2 N–H and O–H groups in total. The van der Waals surface area contributed by atoms with E-state index in [9.17, 15) is 14.7 Å². The van der Waals surface area contributed by atoms with Crippen molar-refractivity contribution < 1.29 is 14.7 Å². The second-order valence-electron chi connectivity index (χ2n) is 6.90. The van der Waals surface area contributed by atoms with Gasteiger partial charge in [0.05, 0.1) is 6.42 Å². The third-order valence-corrected chi connectivity index (χ3v) is 5.37. The van der Waals surface area contributed by atoms with Gasteiger partial charge in [0.1, 0.15) is 5.54 Å². The quantitative estimate of drug-likeness (QED) is 0.882. The maximum atomic E-state index is 12.4. The lowest BCUT2D eigenvalue weighted by Crippen LogP contribution is -2.58. The molecule has 5 heteroatoms. The molecule has 0 radical (unpaired) electrons. The lowest BCUT2D eigenvalue weighted by molar-refractivity contribution is -0.150. The smallest absolute Gasteiger partial charge is 0.329 e. The van der Waals surface area contributed by atoms with Crippen LogP contribution in [0.15, 0.2) is 18.2 Å². The number of aliphatic carboxylic acids is 1. The molecule has 0 aliphatic heterocycles. The van der Waals surface area contributed by atoms with E-state index < -0.39 is 11.5 Å². The predicted molar refractivity (Wildman–Crippen MR) is 90.6 cm³/mol. The molecular weight excluding hydrogens is 314 g/mol. The molecule has 3 atom stereocenters. The molecular formula is C18H24ClNO3. The van der Waals surface area contributed by atoms with Crippen molar-refractivity contribution in [3.05, 3.63) is 34.3 Å². The van der Waals surface area contributed by atoms with Crippen LogP contribution in [0.5, 0.6) is 0 Å². The van der Waals surface area contributed by atoms with Crippen LogP contribution in [0.1, 0.15) is 44.2 Å². The maximum absolute atomic E-state index is 12.4. The van der Waals surface area contributed by atoms with Crippen LogP contribution in [0.25, 0.3) is 0 Å². The van der Waals surface area contributed by atoms with Gasteiger partial charge < -0.3 is 10.4 Å². The highest BCUT2D eigenvalue weighted by Crippen LogP contribution is 2.36. The Hall–Kier alpha value is -1.55. The topological polar surface area (TPSA) is 66.4 Å². The summed E-state index contributed by atoms with van der Waals surface area (Å²) in [4.78, 5) is 24.2. The first kappa shape index (κ1) is 17.8. The molecule has 1 aromatic carbocycles. The fourth-order valence-electron chi connectivity index (χ4n) is 3.25. The minimum Gasteiger partial charge on any atom is -0.480 e. The van der Waals surface area contributed by atoms with Gasteiger partial charge in [-0.25, -0.2) is 4.79 Å². The van der Waals surface area contributed by atoms with Crippen LogP contribution in [0.4, 0.5) is 0 Å². The van der Waals surface area contributed by atoms with Crippen molar-refractivity contribution in [3.8, 4) is 0 Å². The Labute approximate surface area is 142 Å². The van der Waals surface area contributed by atoms with Crippen LogP contribution in [-0.2, 0) is 16.0 Å². The van der Waals surface area contributed by atoms with Crippen LogP contribution in [-0.4, -0.2) is 22.5 Å². The second-order valence-corrected chi connectivity index (χ2v) is 7.31. The van der Waals surface area contributed by atoms with Gasteiger partial charge in [-0.1, -0.05) is 37.6 Å². The largest absolute Gasteiger partial charge is 0.480 e. The van der Waals surface area contributed by atoms with E-state index in [0.717, 1.165) is 12.0 Å². The lowest BCUT2D eigenvalue weighted by Gasteiger charge is -2.40. The first-order valence-corrected chi connectivity index (χ1v) is 8.41. The van der Waals surface area contributed by atoms with Gasteiger partial charge in [-0.3, -0.25) is 4.79 Å². The van der Waals surface area contributed by atoms with Crippen molar-refractivity contribution in [3.63, 3.8) is 0 Å². The van der Waals surface area contributed by atoms with E-state index >= 15 is 0 Å². The minimum absolute atomic E-state index is 0.0953. The number of carbonyl (C=O) groups is 2. The Bertz CT molecular complexity index is 616. The van der Waals surface area contributed by atoms with Crippen molar-refractivity contribution in [2.75, 3.05) is 0 Å². The van der Waals surface area contributed by atoms with Gasteiger partial charge in [0.15, 0.2) is 0 Å². The highest BCUT2D eigenvalue weighted by atomic mass is 35.5. The van der Waals surface area contributed by atoms with Crippen molar-refractivity contribution in [1.29, 1.82) is 0 Å². The van der Waals surface area contributed by atoms with Gasteiger partial charge in [-0.15, -0.1) is 0 Å². The van der Waals surface area contributed by atoms with E-state index in [-0.39, 0.29) is 18.2 Å². The van der Waals surface area contributed by atoms with Gasteiger partial charge in [-0.05, 0) is 55.2 Å². The minimum atomic E-state index is -1.15. The average molecular weight is 338 g/mol. The van der Waals surface area contributed by atoms with Crippen molar-refractivity contribution in [1.82, 2.24) is 5.32 Å². The Morgan fingerprint density at radius 3 is 2.61 bits per heavy atom. The molecule has 0 bridgehead atoms. The van der Waals surface area contributed by atoms with Crippen LogP contribution in [0.2, 0.25) is 5.02 Å². The molecule has 0 saturated heterocycles. The molecule has 1 aliphatic rings. The number of rotatable bonds is 4. The second kappa shape index (κ2) is 6.91. The molecule has 1 aromatic rings. The molecule has 0 aromatic heterocycles. The van der Waals surface area contributed by atoms with E-state index in [4.69, 9.17) is 11.6 Å². The number of hydrogen-bond donors (Lipinski definition) is 2. The fraction of sp³-hybridized carbons (Fsp3) is 0.556. The summed E-state index contributed by atoms with van der Waals surface area (Å²) in [6.07, 6.45) is 1.84. The first-order valence-electron chi connectivity index (χ1n) is 8.03. The first-order chi connectivity index (χ1) is 10.7. The van der Waals surface area contributed by atoms with E-state index in [1.165, 1.54) is 0 Å². The highest BCUT2D eigenvalue weighted by Gasteiger charge is 2.45. The van der Waals surface area contributed by atoms with Crippen molar-refractivity contribution in [2.45, 2.75) is 52.0 Å². The monoisotopic (exact) mass is 337 g/mol. The summed E-state index contributed by atoms with van der Waals surface area (Å²) in [6, 6.07) is 5.52. The summed E-state index contributed by atoms with van der Waals surface area (Å²) in [6.45, 7) is 6.11. The van der Waals surface area contributed by atoms with E-state index in [2.05, 4.69) is 12.2 Å². The Morgan fingerprint density at radius 2 is 2.04 bits per heavy atom. The summed E-state index contributed by atoms with van der Waals surface area (Å²) in [5.74, 6) is -0.492. The number of carboxylic acid groups (broad SMARTS) is 1. The number of benzene rings is 1. The van der Waals surface area contributed by atoms with Gasteiger partial charge in [0, 0.05) is 5.02 Å². The van der Waals surface area contributed by atoms with Gasteiger partial charge >= 0.3 is 5.97 Å². The van der Waals surface area contributed by atoms with Gasteiger partial charge in [0.2, 0.25) is 5.91 Å². The SMILES string of the molecule is Cc1ccc(CC(=O)NC2(C(=O)O)CCC(C)C(C)C2)c(Cl)c1. The van der Waals surface area contributed by atoms with Crippen LogP contribution in [0, 0.1) is 18.8 Å². The van der Waals surface area contributed by atoms with E-state index in [0.29, 0.717) is 29.3 Å². The normalized spacial score (nSPS) is 27.5. The Balaban J connectivity index is 2.11. The molecule has 0 spiro atoms. The maximum Gasteiger partial charge on any atom is 0.329 e. The number of aryl methyl sites for hydroxylation is 1. The molecule has 1 fully saturated rings. The highest BCUT2D eigenvalue weighted by molar-refractivity contribution is 6.31. The molecule has 23 heavy (non-hydrogen) atoms. The van der Waals surface area contributed by atoms with Gasteiger partial charge in [-0.2, -0.15) is 0 Å². The zero-order valence-electron chi connectivity index (χ0n) is 13.9. The van der Waals surface area contributed by atoms with Crippen molar-refractivity contribution in [2.24, 2.45) is 11.8 Å². The summed E-state index contributed by atoms with van der Waals surface area (Å²) in [7, 11) is 0. The number of amides is 1. The number of carbonyl (C=O) groups excluding carboxylic acids is 1. The molecule has 1 aliphatic carbocycles. The van der Waals surface area contributed by atoms with Gasteiger partial charge in [0.25, 0.3) is 0 Å². The van der Waals surface area contributed by atoms with E-state index in [1.54, 1.807) is 0 Å². The lowest BCUT2D eigenvalue weighted by atomic mass is 9.71. The van der Waals surface area contributed by atoms with Crippen LogP contribution < -0.4 is 5.32 Å². The molecule has 1 saturated carbocycles. The molecule has 126 valence electrons. The van der Waals surface area contributed by atoms with Crippen molar-refractivity contribution >= 4 is 23.5 Å². The molecule has 3 unspecified atom stereocenters. The number of hydrogen-bond acceptors (Lipinski definition) is 2. The molecule has 0 heterocycles. The Kier molecular flexibility index (Phi) is 5.35. The van der Waals surface area contributed by atoms with E-state index in [1.807, 2.05) is 32.0 Å². The third-order valence-electron chi connectivity index (χ3n) is 5.02. The predicted octanol–water partition coefficient (Wildman–Crippen LogP) is 3.59. The number of carboxylic acids is 1. The average Bonchev–Trinajstić information content (AvgIpc) is 2.46. The molecule has 2 rings (SSSR count). The number of nitrogens with one attached hydrogen (secondary N) is 1. The fourth-order valence-corrected chi connectivity index (χ4v) is 3.55. The Morgan fingerprint density at radius 1 is 1.35 bits per heavy atom. The summed E-state index contributed by atoms with van der Waals surface area (Å²) in [5, 5.41) is 13.0. The van der Waals surface area contributed by atoms with Crippen LogP contribution in [0.3, 0.4) is 0 Å². The number of halogens is 1. The third kappa shape index (κ3) is 4.05. The molecule has 1 amide bonds. The van der Waals surface area contributed by atoms with Crippen LogP contribution >= 0.6 is 11.6 Å². The zero-order chi connectivity index (χ0) is 17.2. The summed E-state index contributed by atoms with van der Waals surface area (Å²) >= 11 is 6.16. The summed E-state index contributed by atoms with van der Waals surface area (Å²) < 4.78 is 0. The molecule has 4 nitrogen and oxygen atoms in total. The standard InChI is InChI=1S/C18H24ClNO3/c1-11-4-5-14(15(19)8-11)9-16(21)20-18(17(22)23)7-6-12(2)13(3)10-18/h4-5,8,12-13H,6-7,9-10H2,1-3H3,(H,20,21)(H,22,23). The summed E-state index contributed by atoms with van der Waals surface area (Å²) in [5.41, 5.74) is 0.587.